The van der Waals surface area contributed by atoms with Gasteiger partial charge in [0.25, 0.3) is 0 Å². The minimum absolute atomic E-state index is 0.568. The zero-order valence-electron chi connectivity index (χ0n) is 4.09. The van der Waals surface area contributed by atoms with Crippen LogP contribution >= 0.6 is 0 Å². The summed E-state index contributed by atoms with van der Waals surface area (Å²) in [5.41, 5.74) is 1.52. The summed E-state index contributed by atoms with van der Waals surface area (Å²) in [5, 5.41) is 0. The maximum absolute atomic E-state index is 2.20. The molecule has 42 valence electrons. The highest BCUT2D eigenvalue weighted by Gasteiger charge is 1.76. The normalized spacial score (nSPS) is 9.12. The Bertz CT molecular complexity index is 146. The molecule has 0 aromatic heterocycles. The van der Waals surface area contributed by atoms with Crippen LogP contribution in [-0.2, 0) is 6.32 Å². The van der Waals surface area contributed by atoms with Gasteiger partial charge >= 0.3 is 0 Å². The van der Waals surface area contributed by atoms with Crippen molar-refractivity contribution in [3.05, 3.63) is 35.9 Å². The minimum Gasteiger partial charge on any atom is -0.162 e. The van der Waals surface area contributed by atoms with Gasteiger partial charge in [-0.05, 0) is 7.85 Å². The smallest absolute Gasteiger partial charge is 0.0429 e. The fourth-order valence-electron chi connectivity index (χ4n) is 0.478. The molecule has 1 heteroatoms. The standard InChI is InChI=1S/C7H10B/c8-6-7-4-2-1-3-5-7/h1-5H,6H2,8H3/q-1. The summed E-state index contributed by atoms with van der Waals surface area (Å²) in [6, 6.07) is 10.7. The molecule has 0 amide bonds. The Kier molecular flexibility index (Phi) is 1.73. The molecule has 0 unspecified atom stereocenters. The second-order valence-electron chi connectivity index (χ2n) is 1.49. The molecule has 0 spiro atoms. The molecule has 0 aliphatic carbocycles. The molecule has 0 saturated heterocycles. The largest absolute Gasteiger partial charge is 0.162 e. The lowest BCUT2D eigenvalue weighted by Crippen LogP contribution is -1.78. The molecule has 0 atom stereocenters. The van der Waals surface area contributed by atoms with Crippen molar-refractivity contribution in [3.8, 4) is 0 Å². The Morgan fingerprint density at radius 3 is 2.12 bits per heavy atom. The Morgan fingerprint density at radius 1 is 1.12 bits per heavy atom. The van der Waals surface area contributed by atoms with Crippen LogP contribution in [-0.4, -0.2) is 7.85 Å². The van der Waals surface area contributed by atoms with Crippen LogP contribution in [0.3, 0.4) is 0 Å². The third-order valence-corrected chi connectivity index (χ3v) is 0.843. The SMILES string of the molecule is [BH3-]Cc1ccccc1. The first-order valence-corrected chi connectivity index (χ1v) is 2.26. The number of rotatable bonds is 1. The Hall–Kier alpha value is -0.715. The van der Waals surface area contributed by atoms with Crippen LogP contribution in [0.1, 0.15) is 5.56 Å². The van der Waals surface area contributed by atoms with Crippen molar-refractivity contribution in [3.63, 3.8) is 0 Å². The highest BCUT2D eigenvalue weighted by Crippen LogP contribution is 1.95. The van der Waals surface area contributed by atoms with E-state index in [0.717, 1.165) is 0 Å². The van der Waals surface area contributed by atoms with Crippen LogP contribution < -0.4 is 0 Å². The third kappa shape index (κ3) is 1.13. The van der Waals surface area contributed by atoms with Gasteiger partial charge in [0.2, 0.25) is 0 Å². The maximum atomic E-state index is 2.20. The molecule has 0 radical (unpaired) electrons. The molecule has 1 aromatic carbocycles. The van der Waals surface area contributed by atoms with Gasteiger partial charge in [-0.3, -0.25) is 0 Å². The predicted octanol–water partition coefficient (Wildman–Crippen LogP) is 0.552. The fourth-order valence-corrected chi connectivity index (χ4v) is 0.478. The second-order valence-corrected chi connectivity index (χ2v) is 1.49. The molecule has 0 N–H and O–H groups in total. The lowest BCUT2D eigenvalue weighted by atomic mass is 9.97. The van der Waals surface area contributed by atoms with Crippen molar-refractivity contribution in [2.24, 2.45) is 0 Å². The molecule has 1 aromatic rings. The summed E-state index contributed by atoms with van der Waals surface area (Å²) >= 11 is 0. The minimum atomic E-state index is 0.568. The van der Waals surface area contributed by atoms with E-state index in [4.69, 9.17) is 0 Å². The number of hydrogen-bond acceptors (Lipinski definition) is 0. The van der Waals surface area contributed by atoms with Crippen molar-refractivity contribution in [1.29, 1.82) is 0 Å². The van der Waals surface area contributed by atoms with E-state index in [0.29, 0.717) is 7.85 Å². The molecule has 1 rings (SSSR count). The molecule has 8 heavy (non-hydrogen) atoms. The van der Waals surface area contributed by atoms with E-state index in [2.05, 4.69) is 30.3 Å². The van der Waals surface area contributed by atoms with Crippen molar-refractivity contribution >= 4 is 7.85 Å². The van der Waals surface area contributed by atoms with Crippen molar-refractivity contribution in [2.75, 3.05) is 0 Å². The summed E-state index contributed by atoms with van der Waals surface area (Å²) < 4.78 is 0. The van der Waals surface area contributed by atoms with Crippen molar-refractivity contribution in [1.82, 2.24) is 0 Å². The topological polar surface area (TPSA) is 0 Å². The second kappa shape index (κ2) is 2.56. The van der Waals surface area contributed by atoms with Crippen molar-refractivity contribution < 1.29 is 0 Å². The molecule has 0 saturated carbocycles. The monoisotopic (exact) mass is 105 g/mol. The number of benzene rings is 1. The average molecular weight is 105 g/mol. The third-order valence-electron chi connectivity index (χ3n) is 0.843. The van der Waals surface area contributed by atoms with Gasteiger partial charge in [-0.2, -0.15) is 6.32 Å². The molecule has 0 nitrogen and oxygen atoms in total. The lowest BCUT2D eigenvalue weighted by molar-refractivity contribution is 1.40. The summed E-state index contributed by atoms with van der Waals surface area (Å²) in [4.78, 5) is 0. The summed E-state index contributed by atoms with van der Waals surface area (Å²) in [6.45, 7) is 0. The van der Waals surface area contributed by atoms with Crippen LogP contribution in [0.5, 0.6) is 0 Å². The van der Waals surface area contributed by atoms with E-state index in [-0.39, 0.29) is 0 Å². The maximum Gasteiger partial charge on any atom is -0.0429 e. The van der Waals surface area contributed by atoms with Crippen LogP contribution in [0.15, 0.2) is 30.3 Å². The van der Waals surface area contributed by atoms with Gasteiger partial charge in [-0.15, -0.1) is 0 Å². The summed E-state index contributed by atoms with van der Waals surface area (Å²) in [6.07, 6.45) is 1.39. The van der Waals surface area contributed by atoms with Crippen molar-refractivity contribution in [2.45, 2.75) is 6.32 Å². The van der Waals surface area contributed by atoms with Gasteiger partial charge in [0.15, 0.2) is 0 Å². The molecular weight excluding hydrogens is 94.9 g/mol. The van der Waals surface area contributed by atoms with Crippen LogP contribution in [0.25, 0.3) is 0 Å². The zero-order valence-corrected chi connectivity index (χ0v) is 4.09. The Morgan fingerprint density at radius 2 is 1.75 bits per heavy atom. The van der Waals surface area contributed by atoms with Crippen LogP contribution in [0.2, 0.25) is 0 Å². The Balaban J connectivity index is 2.83. The highest BCUT2D eigenvalue weighted by atomic mass is 13.8. The summed E-state index contributed by atoms with van der Waals surface area (Å²) in [7, 11) is 0.568. The van der Waals surface area contributed by atoms with E-state index in [1.807, 2.05) is 0 Å². The van der Waals surface area contributed by atoms with E-state index in [1.165, 1.54) is 11.9 Å². The van der Waals surface area contributed by atoms with Crippen LogP contribution in [0.4, 0.5) is 0 Å². The predicted molar refractivity (Wildman–Crippen MR) is 40.1 cm³/mol. The van der Waals surface area contributed by atoms with Gasteiger partial charge in [0, 0.05) is 0 Å². The van der Waals surface area contributed by atoms with Gasteiger partial charge < -0.3 is 0 Å². The van der Waals surface area contributed by atoms with E-state index in [9.17, 15) is 0 Å². The number of hydrogen-bond donors (Lipinski definition) is 0. The molecular formula is C7H10B-. The van der Waals surface area contributed by atoms with E-state index in [1.54, 1.807) is 0 Å². The first-order chi connectivity index (χ1) is 3.93. The molecule has 0 heterocycles. The lowest BCUT2D eigenvalue weighted by Gasteiger charge is -1.93. The van der Waals surface area contributed by atoms with Gasteiger partial charge in [-0.1, -0.05) is 35.9 Å². The molecule has 0 bridgehead atoms. The fraction of sp³-hybridized carbons (Fsp3) is 0.143. The molecule has 0 aliphatic rings. The zero-order chi connectivity index (χ0) is 5.82. The van der Waals surface area contributed by atoms with E-state index < -0.39 is 0 Å². The Labute approximate surface area is 50.9 Å². The quantitative estimate of drug-likeness (QED) is 0.457. The first kappa shape index (κ1) is 5.42. The van der Waals surface area contributed by atoms with Crippen LogP contribution in [0, 0.1) is 0 Å². The summed E-state index contributed by atoms with van der Waals surface area (Å²) in [5.74, 6) is 0. The average Bonchev–Trinajstić information content (AvgIpc) is 1.90. The van der Waals surface area contributed by atoms with E-state index >= 15 is 0 Å². The molecule has 0 aliphatic heterocycles. The van der Waals surface area contributed by atoms with Gasteiger partial charge in [0.1, 0.15) is 0 Å². The molecule has 0 fully saturated rings. The van der Waals surface area contributed by atoms with Gasteiger partial charge in [0.05, 0.1) is 0 Å². The highest BCUT2D eigenvalue weighted by molar-refractivity contribution is 6.08. The first-order valence-electron chi connectivity index (χ1n) is 2.26. The van der Waals surface area contributed by atoms with Gasteiger partial charge in [-0.25, -0.2) is 0 Å².